The highest BCUT2D eigenvalue weighted by molar-refractivity contribution is 5.95. The van der Waals surface area contributed by atoms with Gasteiger partial charge in [0.2, 0.25) is 5.88 Å². The molecule has 0 radical (unpaired) electrons. The van der Waals surface area contributed by atoms with Crippen molar-refractivity contribution in [3.05, 3.63) is 54.1 Å². The van der Waals surface area contributed by atoms with Gasteiger partial charge in [-0.15, -0.1) is 0 Å². The number of pyridine rings is 2. The second-order valence-electron chi connectivity index (χ2n) is 8.72. The average Bonchev–Trinajstić information content (AvgIpc) is 3.16. The van der Waals surface area contributed by atoms with Gasteiger partial charge in [-0.3, -0.25) is 9.59 Å². The standard InChI is InChI=1S/C23H27N5O4/c1-14(26-21(30)18-13-28-12-15(31-3)6-7-19(28)27-18)9-23(2)10-16(11-23)32-22-17(20(24)29)5-4-8-25-22/h4-8,12-14,16H,9-11H2,1-3H3,(H2,24,29)(H,26,30)/t14-,16-,23+/m1/s1. The van der Waals surface area contributed by atoms with Gasteiger partial charge >= 0.3 is 0 Å². The van der Waals surface area contributed by atoms with Gasteiger partial charge in [-0.05, 0) is 55.9 Å². The first-order chi connectivity index (χ1) is 15.3. The zero-order valence-corrected chi connectivity index (χ0v) is 18.4. The number of rotatable bonds is 8. The molecule has 32 heavy (non-hydrogen) atoms. The molecule has 3 heterocycles. The van der Waals surface area contributed by atoms with Crippen molar-refractivity contribution >= 4 is 17.5 Å². The van der Waals surface area contributed by atoms with Gasteiger partial charge in [0, 0.05) is 18.4 Å². The third kappa shape index (κ3) is 4.51. The first-order valence-corrected chi connectivity index (χ1v) is 10.5. The van der Waals surface area contributed by atoms with Crippen LogP contribution < -0.4 is 20.5 Å². The SMILES string of the molecule is COc1ccc2nc(C(=O)N[C@H](C)C[C@]3(C)C[C@H](Oc4ncccc4C(N)=O)C3)cn2c1. The van der Waals surface area contributed by atoms with E-state index < -0.39 is 5.91 Å². The van der Waals surface area contributed by atoms with E-state index in [1.807, 2.05) is 6.92 Å². The molecule has 0 saturated heterocycles. The number of hydrogen-bond acceptors (Lipinski definition) is 6. The number of nitrogens with zero attached hydrogens (tertiary/aromatic N) is 3. The minimum atomic E-state index is -0.558. The molecule has 0 aliphatic heterocycles. The Morgan fingerprint density at radius 2 is 2.09 bits per heavy atom. The molecule has 1 saturated carbocycles. The van der Waals surface area contributed by atoms with Gasteiger partial charge in [-0.1, -0.05) is 6.92 Å². The Hall–Kier alpha value is -3.62. The fraction of sp³-hybridized carbons (Fsp3) is 0.391. The summed E-state index contributed by atoms with van der Waals surface area (Å²) >= 11 is 0. The predicted molar refractivity (Wildman–Crippen MR) is 118 cm³/mol. The molecular formula is C23H27N5O4. The highest BCUT2D eigenvalue weighted by Gasteiger charge is 2.43. The Kier molecular flexibility index (Phi) is 5.73. The van der Waals surface area contributed by atoms with Gasteiger partial charge in [0.05, 0.1) is 13.3 Å². The number of carbonyl (C=O) groups excluding carboxylic acids is 2. The number of ether oxygens (including phenoxy) is 2. The second kappa shape index (κ2) is 8.49. The largest absolute Gasteiger partial charge is 0.495 e. The van der Waals surface area contributed by atoms with Gasteiger partial charge in [0.25, 0.3) is 11.8 Å². The van der Waals surface area contributed by atoms with E-state index in [9.17, 15) is 9.59 Å². The summed E-state index contributed by atoms with van der Waals surface area (Å²) in [6, 6.07) is 6.83. The van der Waals surface area contributed by atoms with Crippen LogP contribution in [0.4, 0.5) is 0 Å². The molecule has 3 N–H and O–H groups in total. The maximum Gasteiger partial charge on any atom is 0.271 e. The van der Waals surface area contributed by atoms with Crippen LogP contribution in [0, 0.1) is 5.41 Å². The van der Waals surface area contributed by atoms with E-state index in [4.69, 9.17) is 15.2 Å². The van der Waals surface area contributed by atoms with Crippen LogP contribution in [0.5, 0.6) is 11.6 Å². The maximum atomic E-state index is 12.7. The van der Waals surface area contributed by atoms with Gasteiger partial charge in [0.1, 0.15) is 28.8 Å². The second-order valence-corrected chi connectivity index (χ2v) is 8.72. The molecule has 1 fully saturated rings. The van der Waals surface area contributed by atoms with E-state index in [1.165, 1.54) is 0 Å². The molecule has 3 aromatic heterocycles. The number of imidazole rings is 1. The van der Waals surface area contributed by atoms with Crippen molar-refractivity contribution in [2.45, 2.75) is 45.3 Å². The molecule has 1 atom stereocenters. The minimum Gasteiger partial charge on any atom is -0.495 e. The van der Waals surface area contributed by atoms with E-state index in [2.05, 4.69) is 22.2 Å². The summed E-state index contributed by atoms with van der Waals surface area (Å²) in [5.74, 6) is 0.197. The maximum absolute atomic E-state index is 12.7. The molecule has 0 spiro atoms. The molecule has 3 aromatic rings. The van der Waals surface area contributed by atoms with Crippen molar-refractivity contribution in [1.82, 2.24) is 19.7 Å². The molecule has 4 rings (SSSR count). The number of nitrogens with two attached hydrogens (primary N) is 1. The first kappa shape index (κ1) is 21.6. The van der Waals surface area contributed by atoms with Crippen LogP contribution >= 0.6 is 0 Å². The average molecular weight is 438 g/mol. The lowest BCUT2D eigenvalue weighted by Gasteiger charge is -2.46. The minimum absolute atomic E-state index is 0.0192. The molecule has 1 aliphatic carbocycles. The zero-order valence-electron chi connectivity index (χ0n) is 18.4. The van der Waals surface area contributed by atoms with Crippen molar-refractivity contribution in [2.24, 2.45) is 11.1 Å². The molecular weight excluding hydrogens is 410 g/mol. The Balaban J connectivity index is 1.31. The van der Waals surface area contributed by atoms with Crippen LogP contribution in [0.15, 0.2) is 42.9 Å². The summed E-state index contributed by atoms with van der Waals surface area (Å²) in [6.45, 7) is 4.15. The van der Waals surface area contributed by atoms with Gasteiger partial charge < -0.3 is 24.9 Å². The van der Waals surface area contributed by atoms with E-state index in [0.29, 0.717) is 17.1 Å². The highest BCUT2D eigenvalue weighted by atomic mass is 16.5. The lowest BCUT2D eigenvalue weighted by molar-refractivity contribution is -0.0153. The third-order valence-electron chi connectivity index (χ3n) is 5.82. The van der Waals surface area contributed by atoms with E-state index in [-0.39, 0.29) is 34.9 Å². The van der Waals surface area contributed by atoms with Crippen LogP contribution in [0.2, 0.25) is 0 Å². The monoisotopic (exact) mass is 437 g/mol. The smallest absolute Gasteiger partial charge is 0.271 e. The fourth-order valence-electron chi connectivity index (χ4n) is 4.41. The Labute approximate surface area is 185 Å². The molecule has 0 unspecified atom stereocenters. The Morgan fingerprint density at radius 3 is 2.81 bits per heavy atom. The number of aromatic nitrogens is 3. The zero-order chi connectivity index (χ0) is 22.9. The quantitative estimate of drug-likeness (QED) is 0.559. The van der Waals surface area contributed by atoms with Gasteiger partial charge in [-0.2, -0.15) is 0 Å². The first-order valence-electron chi connectivity index (χ1n) is 10.5. The van der Waals surface area contributed by atoms with E-state index in [0.717, 1.165) is 19.3 Å². The summed E-state index contributed by atoms with van der Waals surface area (Å²) in [6.07, 6.45) is 7.41. The number of carbonyl (C=O) groups is 2. The summed E-state index contributed by atoms with van der Waals surface area (Å²) in [4.78, 5) is 32.7. The molecule has 9 heteroatoms. The van der Waals surface area contributed by atoms with E-state index in [1.54, 1.807) is 54.4 Å². The van der Waals surface area contributed by atoms with Crippen molar-refractivity contribution < 1.29 is 19.1 Å². The van der Waals surface area contributed by atoms with Crippen LogP contribution in [-0.4, -0.2) is 45.4 Å². The molecule has 1 aliphatic rings. The van der Waals surface area contributed by atoms with Crippen molar-refractivity contribution in [3.63, 3.8) is 0 Å². The van der Waals surface area contributed by atoms with Crippen LogP contribution in [0.3, 0.4) is 0 Å². The number of primary amides is 1. The summed E-state index contributed by atoms with van der Waals surface area (Å²) < 4.78 is 12.9. The number of nitrogens with one attached hydrogen (secondary N) is 1. The number of amides is 2. The predicted octanol–water partition coefficient (Wildman–Crippen LogP) is 2.59. The number of hydrogen-bond donors (Lipinski definition) is 2. The Bertz CT molecular complexity index is 1150. The molecule has 0 aromatic carbocycles. The van der Waals surface area contributed by atoms with Gasteiger partial charge in [0.15, 0.2) is 0 Å². The van der Waals surface area contributed by atoms with Crippen molar-refractivity contribution in [2.75, 3.05) is 7.11 Å². The van der Waals surface area contributed by atoms with Crippen LogP contribution in [-0.2, 0) is 0 Å². The van der Waals surface area contributed by atoms with Crippen LogP contribution in [0.25, 0.3) is 5.65 Å². The molecule has 9 nitrogen and oxygen atoms in total. The number of fused-ring (bicyclic) bond motifs is 1. The lowest BCUT2D eigenvalue weighted by Crippen LogP contribution is -2.46. The Morgan fingerprint density at radius 1 is 1.31 bits per heavy atom. The normalized spacial score (nSPS) is 20.9. The van der Waals surface area contributed by atoms with Crippen LogP contribution in [0.1, 0.15) is 54.0 Å². The lowest BCUT2D eigenvalue weighted by atomic mass is 9.65. The third-order valence-corrected chi connectivity index (χ3v) is 5.82. The topological polar surface area (TPSA) is 121 Å². The number of methoxy groups -OCH3 is 1. The summed E-state index contributed by atoms with van der Waals surface area (Å²) in [5.41, 5.74) is 6.73. The van der Waals surface area contributed by atoms with Crippen molar-refractivity contribution in [1.29, 1.82) is 0 Å². The molecule has 168 valence electrons. The summed E-state index contributed by atoms with van der Waals surface area (Å²) in [7, 11) is 1.59. The fourth-order valence-corrected chi connectivity index (χ4v) is 4.41. The molecule has 0 bridgehead atoms. The molecule has 2 amide bonds. The summed E-state index contributed by atoms with van der Waals surface area (Å²) in [5, 5.41) is 3.04. The highest BCUT2D eigenvalue weighted by Crippen LogP contribution is 2.46. The van der Waals surface area contributed by atoms with E-state index >= 15 is 0 Å². The van der Waals surface area contributed by atoms with Gasteiger partial charge in [-0.25, -0.2) is 9.97 Å². The van der Waals surface area contributed by atoms with Crippen molar-refractivity contribution in [3.8, 4) is 11.6 Å².